The second-order valence-electron chi connectivity index (χ2n) is 8.86. The summed E-state index contributed by atoms with van der Waals surface area (Å²) in [5.74, 6) is 0.250. The molecule has 3 nitrogen and oxygen atoms in total. The van der Waals surface area contributed by atoms with Crippen LogP contribution in [0.4, 0.5) is 18.9 Å². The Kier molecular flexibility index (Phi) is 10.3. The maximum Gasteiger partial charge on any atom is 0.416 e. The van der Waals surface area contributed by atoms with Crippen molar-refractivity contribution in [1.29, 1.82) is 0 Å². The highest BCUT2D eigenvalue weighted by Crippen LogP contribution is 2.34. The van der Waals surface area contributed by atoms with E-state index < -0.39 is 11.7 Å². The topological polar surface area (TPSA) is 32.3 Å². The van der Waals surface area contributed by atoms with Crippen LogP contribution in [-0.2, 0) is 11.0 Å². The lowest BCUT2D eigenvalue weighted by Crippen LogP contribution is -2.48. The van der Waals surface area contributed by atoms with Crippen LogP contribution in [0.3, 0.4) is 0 Å². The summed E-state index contributed by atoms with van der Waals surface area (Å²) < 4.78 is 38.9. The second kappa shape index (κ2) is 12.5. The Morgan fingerprint density at radius 3 is 2.55 bits per heavy atom. The molecule has 0 aromatic heterocycles. The normalized spacial score (nSPS) is 21.1. The van der Waals surface area contributed by atoms with Crippen LogP contribution >= 0.6 is 0 Å². The van der Waals surface area contributed by atoms with E-state index in [1.54, 1.807) is 0 Å². The SMILES string of the molecule is CCCCCCCC(CC)C1CC(C(=O)Nc2cccc(C(F)(F)F)c2)CCN1CC. The highest BCUT2D eigenvalue weighted by atomic mass is 19.4. The maximum atomic E-state index is 13.0. The van der Waals surface area contributed by atoms with Crippen molar-refractivity contribution in [3.05, 3.63) is 29.8 Å². The van der Waals surface area contributed by atoms with Crippen LogP contribution in [0, 0.1) is 11.8 Å². The van der Waals surface area contributed by atoms with E-state index in [9.17, 15) is 18.0 Å². The van der Waals surface area contributed by atoms with Crippen LogP contribution < -0.4 is 5.32 Å². The van der Waals surface area contributed by atoms with Crippen LogP contribution in [0.15, 0.2) is 24.3 Å². The second-order valence-corrected chi connectivity index (χ2v) is 8.86. The monoisotopic (exact) mass is 440 g/mol. The summed E-state index contributed by atoms with van der Waals surface area (Å²) in [6, 6.07) is 5.27. The highest BCUT2D eigenvalue weighted by molar-refractivity contribution is 5.92. The zero-order chi connectivity index (χ0) is 22.9. The van der Waals surface area contributed by atoms with Crippen molar-refractivity contribution < 1.29 is 18.0 Å². The van der Waals surface area contributed by atoms with Gasteiger partial charge < -0.3 is 10.2 Å². The molecule has 3 atom stereocenters. The first-order valence-corrected chi connectivity index (χ1v) is 12.0. The fraction of sp³-hybridized carbons (Fsp3) is 0.720. The number of nitrogens with zero attached hydrogens (tertiary/aromatic N) is 1. The molecular formula is C25H39F3N2O. The third-order valence-electron chi connectivity index (χ3n) is 6.74. The van der Waals surface area contributed by atoms with Gasteiger partial charge in [0, 0.05) is 17.6 Å². The Morgan fingerprint density at radius 2 is 1.90 bits per heavy atom. The average Bonchev–Trinajstić information content (AvgIpc) is 2.75. The molecule has 6 heteroatoms. The number of piperidine rings is 1. The fourth-order valence-electron chi connectivity index (χ4n) is 4.86. The molecule has 1 heterocycles. The molecule has 3 unspecified atom stereocenters. The molecule has 1 aliphatic heterocycles. The molecule has 0 saturated carbocycles. The average molecular weight is 441 g/mol. The first-order valence-electron chi connectivity index (χ1n) is 12.0. The van der Waals surface area contributed by atoms with Gasteiger partial charge in [-0.25, -0.2) is 0 Å². The van der Waals surface area contributed by atoms with E-state index in [0.29, 0.717) is 12.0 Å². The van der Waals surface area contributed by atoms with Crippen molar-refractivity contribution in [1.82, 2.24) is 4.90 Å². The predicted molar refractivity (Wildman–Crippen MR) is 121 cm³/mol. The van der Waals surface area contributed by atoms with E-state index in [1.165, 1.54) is 50.7 Å². The van der Waals surface area contributed by atoms with E-state index in [-0.39, 0.29) is 17.5 Å². The lowest BCUT2D eigenvalue weighted by Gasteiger charge is -2.42. The van der Waals surface area contributed by atoms with Crippen LogP contribution in [0.25, 0.3) is 0 Å². The Bertz CT molecular complexity index is 677. The number of alkyl halides is 3. The van der Waals surface area contributed by atoms with Gasteiger partial charge in [0.1, 0.15) is 0 Å². The summed E-state index contributed by atoms with van der Waals surface area (Å²) in [4.78, 5) is 15.4. The number of benzene rings is 1. The summed E-state index contributed by atoms with van der Waals surface area (Å²) in [7, 11) is 0. The van der Waals surface area contributed by atoms with Crippen LogP contribution in [0.1, 0.15) is 84.1 Å². The minimum atomic E-state index is -4.41. The molecule has 176 valence electrons. The third kappa shape index (κ3) is 7.81. The molecule has 0 radical (unpaired) electrons. The van der Waals surface area contributed by atoms with Crippen molar-refractivity contribution in [2.45, 2.75) is 90.8 Å². The number of hydrogen-bond acceptors (Lipinski definition) is 2. The number of amides is 1. The van der Waals surface area contributed by atoms with Gasteiger partial charge in [-0.05, 0) is 56.5 Å². The quantitative estimate of drug-likeness (QED) is 0.371. The van der Waals surface area contributed by atoms with Crippen molar-refractivity contribution >= 4 is 11.6 Å². The highest BCUT2D eigenvalue weighted by Gasteiger charge is 2.35. The predicted octanol–water partition coefficient (Wildman–Crippen LogP) is 7.13. The van der Waals surface area contributed by atoms with Gasteiger partial charge in [-0.15, -0.1) is 0 Å². The van der Waals surface area contributed by atoms with Gasteiger partial charge in [-0.2, -0.15) is 13.2 Å². The lowest BCUT2D eigenvalue weighted by atomic mass is 9.80. The van der Waals surface area contributed by atoms with Gasteiger partial charge >= 0.3 is 6.18 Å². The standard InChI is InChI=1S/C25H39F3N2O/c1-4-7-8-9-10-12-19(5-2)23-17-20(15-16-30(23)6-3)24(31)29-22-14-11-13-21(18-22)25(26,27)28/h11,13-14,18-20,23H,4-10,12,15-17H2,1-3H3,(H,29,31). The van der Waals surface area contributed by atoms with Crippen molar-refractivity contribution in [3.8, 4) is 0 Å². The smallest absolute Gasteiger partial charge is 0.326 e. The summed E-state index contributed by atoms with van der Waals surface area (Å²) in [6.45, 7) is 8.47. The molecule has 0 spiro atoms. The number of hydrogen-bond donors (Lipinski definition) is 1. The van der Waals surface area contributed by atoms with Crippen LogP contribution in [0.5, 0.6) is 0 Å². The number of carbonyl (C=O) groups is 1. The van der Waals surface area contributed by atoms with E-state index >= 15 is 0 Å². The van der Waals surface area contributed by atoms with Gasteiger partial charge in [0.25, 0.3) is 0 Å². The summed E-state index contributed by atoms with van der Waals surface area (Å²) >= 11 is 0. The van der Waals surface area contributed by atoms with Crippen LogP contribution in [-0.4, -0.2) is 29.9 Å². The Balaban J connectivity index is 2.00. The van der Waals surface area contributed by atoms with Gasteiger partial charge in [0.15, 0.2) is 0 Å². The van der Waals surface area contributed by atoms with Gasteiger partial charge in [-0.3, -0.25) is 4.79 Å². The maximum absolute atomic E-state index is 13.0. The molecule has 2 rings (SSSR count). The molecule has 31 heavy (non-hydrogen) atoms. The van der Waals surface area contributed by atoms with Gasteiger partial charge in [0.2, 0.25) is 5.91 Å². The first-order chi connectivity index (χ1) is 14.8. The van der Waals surface area contributed by atoms with Crippen molar-refractivity contribution in [2.24, 2.45) is 11.8 Å². The summed E-state index contributed by atoms with van der Waals surface area (Å²) in [6.07, 6.45) is 5.72. The summed E-state index contributed by atoms with van der Waals surface area (Å²) in [5.41, 5.74) is -0.518. The molecule has 1 aromatic rings. The number of rotatable bonds is 11. The number of likely N-dealkylation sites (tertiary alicyclic amines) is 1. The molecule has 1 amide bonds. The molecule has 1 aromatic carbocycles. The number of halogens is 3. The third-order valence-corrected chi connectivity index (χ3v) is 6.74. The minimum absolute atomic E-state index is 0.155. The van der Waals surface area contributed by atoms with Gasteiger partial charge in [0.05, 0.1) is 5.56 Å². The zero-order valence-electron chi connectivity index (χ0n) is 19.3. The minimum Gasteiger partial charge on any atom is -0.326 e. The number of carbonyl (C=O) groups excluding carboxylic acids is 1. The van der Waals surface area contributed by atoms with Crippen molar-refractivity contribution in [2.75, 3.05) is 18.4 Å². The van der Waals surface area contributed by atoms with E-state index in [2.05, 4.69) is 31.0 Å². The Hall–Kier alpha value is -1.56. The molecule has 1 N–H and O–H groups in total. The lowest BCUT2D eigenvalue weighted by molar-refractivity contribution is -0.137. The molecule has 0 bridgehead atoms. The fourth-order valence-corrected chi connectivity index (χ4v) is 4.86. The first kappa shape index (κ1) is 25.7. The van der Waals surface area contributed by atoms with Crippen molar-refractivity contribution in [3.63, 3.8) is 0 Å². The molecule has 1 saturated heterocycles. The zero-order valence-corrected chi connectivity index (χ0v) is 19.3. The van der Waals surface area contributed by atoms with E-state index in [0.717, 1.165) is 44.5 Å². The Labute approximate surface area is 185 Å². The number of unbranched alkanes of at least 4 members (excludes halogenated alkanes) is 4. The largest absolute Gasteiger partial charge is 0.416 e. The Morgan fingerprint density at radius 1 is 1.16 bits per heavy atom. The van der Waals surface area contributed by atoms with Gasteiger partial charge in [-0.1, -0.05) is 65.4 Å². The van der Waals surface area contributed by atoms with E-state index in [1.807, 2.05) is 0 Å². The molecule has 0 aliphatic carbocycles. The van der Waals surface area contributed by atoms with E-state index in [4.69, 9.17) is 0 Å². The molecule has 1 aliphatic rings. The number of anilines is 1. The summed E-state index contributed by atoms with van der Waals surface area (Å²) in [5, 5.41) is 2.74. The molecular weight excluding hydrogens is 401 g/mol. The molecule has 1 fully saturated rings. The number of nitrogens with one attached hydrogen (secondary N) is 1. The van der Waals surface area contributed by atoms with Crippen LogP contribution in [0.2, 0.25) is 0 Å².